The van der Waals surface area contributed by atoms with E-state index in [1.165, 1.54) is 31.2 Å². The molecule has 0 unspecified atom stereocenters. The van der Waals surface area contributed by atoms with Gasteiger partial charge in [0.25, 0.3) is 0 Å². The van der Waals surface area contributed by atoms with Crippen LogP contribution < -0.4 is 5.32 Å². The van der Waals surface area contributed by atoms with E-state index in [0.29, 0.717) is 12.6 Å². The summed E-state index contributed by atoms with van der Waals surface area (Å²) in [6.07, 6.45) is 10.8. The lowest BCUT2D eigenvalue weighted by atomic mass is 10.2. The van der Waals surface area contributed by atoms with Crippen LogP contribution in [-0.2, 0) is 13.1 Å². The summed E-state index contributed by atoms with van der Waals surface area (Å²) in [5.41, 5.74) is 3.20. The van der Waals surface area contributed by atoms with Gasteiger partial charge in [-0.05, 0) is 19.8 Å². The molecule has 3 rings (SSSR count). The van der Waals surface area contributed by atoms with Gasteiger partial charge >= 0.3 is 0 Å². The molecule has 2 aromatic rings. The summed E-state index contributed by atoms with van der Waals surface area (Å²) in [5, 5.41) is 12.1. The van der Waals surface area contributed by atoms with Crippen molar-refractivity contribution in [2.45, 2.75) is 51.7 Å². The Labute approximate surface area is 136 Å². The predicted molar refractivity (Wildman–Crippen MR) is 87.2 cm³/mol. The number of aryl methyl sites for hydroxylation is 2. The van der Waals surface area contributed by atoms with Gasteiger partial charge in [0.1, 0.15) is 6.67 Å². The normalized spacial score (nSPS) is 15.0. The second kappa shape index (κ2) is 7.63. The molecule has 7 heteroatoms. The molecule has 2 aromatic heterocycles. The standard InChI is InChI=1S/C15H22FN5.ClH/c1-12-13(10-21(19-12)15-4-2-3-5-15)8-17-14-9-18-20(11-14)7-6-16;/h9-11,15,17H,2-8H2,1H3;1H. The van der Waals surface area contributed by atoms with Crippen molar-refractivity contribution in [1.82, 2.24) is 19.6 Å². The van der Waals surface area contributed by atoms with Crippen LogP contribution in [0.5, 0.6) is 0 Å². The zero-order valence-corrected chi connectivity index (χ0v) is 13.7. The molecule has 0 saturated heterocycles. The van der Waals surface area contributed by atoms with Gasteiger partial charge in [0, 0.05) is 24.5 Å². The van der Waals surface area contributed by atoms with Crippen LogP contribution in [0, 0.1) is 6.92 Å². The van der Waals surface area contributed by atoms with Crippen molar-refractivity contribution in [1.29, 1.82) is 0 Å². The van der Waals surface area contributed by atoms with Gasteiger partial charge in [-0.15, -0.1) is 12.4 Å². The van der Waals surface area contributed by atoms with Crippen LogP contribution >= 0.6 is 12.4 Å². The minimum absolute atomic E-state index is 0. The van der Waals surface area contributed by atoms with E-state index in [0.717, 1.165) is 17.9 Å². The van der Waals surface area contributed by atoms with Crippen molar-refractivity contribution in [3.05, 3.63) is 29.8 Å². The fourth-order valence-corrected chi connectivity index (χ4v) is 2.91. The van der Waals surface area contributed by atoms with Crippen LogP contribution in [0.15, 0.2) is 18.6 Å². The quantitative estimate of drug-likeness (QED) is 0.883. The average Bonchev–Trinajstić information content (AvgIpc) is 3.17. The Kier molecular flexibility index (Phi) is 5.83. The third-order valence-corrected chi connectivity index (χ3v) is 4.15. The van der Waals surface area contributed by atoms with Gasteiger partial charge in [-0.25, -0.2) is 4.39 Å². The highest BCUT2D eigenvalue weighted by Gasteiger charge is 2.18. The van der Waals surface area contributed by atoms with Crippen LogP contribution in [-0.4, -0.2) is 26.2 Å². The number of nitrogens with one attached hydrogen (secondary N) is 1. The topological polar surface area (TPSA) is 47.7 Å². The van der Waals surface area contributed by atoms with Crippen molar-refractivity contribution in [2.75, 3.05) is 12.0 Å². The van der Waals surface area contributed by atoms with Gasteiger partial charge in [-0.2, -0.15) is 10.2 Å². The first-order chi connectivity index (χ1) is 10.3. The van der Waals surface area contributed by atoms with Crippen molar-refractivity contribution < 1.29 is 4.39 Å². The van der Waals surface area contributed by atoms with E-state index in [4.69, 9.17) is 0 Å². The zero-order chi connectivity index (χ0) is 14.7. The summed E-state index contributed by atoms with van der Waals surface area (Å²) in [6, 6.07) is 0.574. The molecule has 22 heavy (non-hydrogen) atoms. The third-order valence-electron chi connectivity index (χ3n) is 4.15. The molecular weight excluding hydrogens is 305 g/mol. The molecule has 2 heterocycles. The van der Waals surface area contributed by atoms with Crippen molar-refractivity contribution in [2.24, 2.45) is 0 Å². The number of anilines is 1. The smallest absolute Gasteiger partial charge is 0.109 e. The molecule has 0 aliphatic heterocycles. The molecule has 0 radical (unpaired) electrons. The molecule has 1 N–H and O–H groups in total. The van der Waals surface area contributed by atoms with Gasteiger partial charge in [0.05, 0.1) is 30.2 Å². The maximum absolute atomic E-state index is 12.3. The second-order valence-corrected chi connectivity index (χ2v) is 5.69. The van der Waals surface area contributed by atoms with E-state index in [1.807, 2.05) is 6.20 Å². The second-order valence-electron chi connectivity index (χ2n) is 5.69. The maximum Gasteiger partial charge on any atom is 0.109 e. The molecule has 0 spiro atoms. The number of aromatic nitrogens is 4. The first-order valence-electron chi connectivity index (χ1n) is 7.63. The van der Waals surface area contributed by atoms with Crippen LogP contribution in [0.1, 0.15) is 43.0 Å². The predicted octanol–water partition coefficient (Wildman–Crippen LogP) is 3.51. The molecule has 5 nitrogen and oxygen atoms in total. The van der Waals surface area contributed by atoms with E-state index in [1.54, 1.807) is 10.9 Å². The van der Waals surface area contributed by atoms with E-state index in [2.05, 4.69) is 33.3 Å². The number of nitrogens with zero attached hydrogens (tertiary/aromatic N) is 4. The Balaban J connectivity index is 0.00000176. The molecule has 122 valence electrons. The number of hydrogen-bond acceptors (Lipinski definition) is 3. The summed E-state index contributed by atoms with van der Waals surface area (Å²) in [6.45, 7) is 2.68. The van der Waals surface area contributed by atoms with Crippen LogP contribution in [0.4, 0.5) is 10.1 Å². The SMILES string of the molecule is Cc1nn(C2CCCC2)cc1CNc1cnn(CCF)c1.Cl. The molecule has 1 saturated carbocycles. The summed E-state index contributed by atoms with van der Waals surface area (Å²) in [4.78, 5) is 0. The van der Waals surface area contributed by atoms with E-state index >= 15 is 0 Å². The molecule has 0 bridgehead atoms. The fourth-order valence-electron chi connectivity index (χ4n) is 2.91. The third kappa shape index (κ3) is 3.80. The first kappa shape index (κ1) is 16.8. The number of halogens is 2. The highest BCUT2D eigenvalue weighted by Crippen LogP contribution is 2.29. The minimum atomic E-state index is -0.394. The molecule has 1 aliphatic rings. The number of hydrogen-bond donors (Lipinski definition) is 1. The first-order valence-corrected chi connectivity index (χ1v) is 7.63. The summed E-state index contributed by atoms with van der Waals surface area (Å²) < 4.78 is 16.0. The van der Waals surface area contributed by atoms with Crippen molar-refractivity contribution in [3.8, 4) is 0 Å². The molecule has 0 amide bonds. The van der Waals surface area contributed by atoms with E-state index in [9.17, 15) is 4.39 Å². The van der Waals surface area contributed by atoms with Gasteiger partial charge in [0.15, 0.2) is 0 Å². The summed E-state index contributed by atoms with van der Waals surface area (Å²) >= 11 is 0. The average molecular weight is 328 g/mol. The lowest BCUT2D eigenvalue weighted by molar-refractivity contribution is 0.427. The Morgan fingerprint density at radius 1 is 1.32 bits per heavy atom. The Morgan fingerprint density at radius 2 is 2.09 bits per heavy atom. The minimum Gasteiger partial charge on any atom is -0.378 e. The van der Waals surface area contributed by atoms with Gasteiger partial charge in [-0.3, -0.25) is 9.36 Å². The molecule has 0 atom stereocenters. The van der Waals surface area contributed by atoms with Crippen LogP contribution in [0.3, 0.4) is 0 Å². The summed E-state index contributed by atoms with van der Waals surface area (Å²) in [5.74, 6) is 0. The molecule has 0 aromatic carbocycles. The number of rotatable bonds is 6. The van der Waals surface area contributed by atoms with E-state index in [-0.39, 0.29) is 12.4 Å². The lowest BCUT2D eigenvalue weighted by Crippen LogP contribution is -2.05. The maximum atomic E-state index is 12.3. The lowest BCUT2D eigenvalue weighted by Gasteiger charge is -2.08. The molecule has 1 fully saturated rings. The van der Waals surface area contributed by atoms with Gasteiger partial charge in [0.2, 0.25) is 0 Å². The van der Waals surface area contributed by atoms with E-state index < -0.39 is 6.67 Å². The van der Waals surface area contributed by atoms with Crippen molar-refractivity contribution >= 4 is 18.1 Å². The van der Waals surface area contributed by atoms with Crippen LogP contribution in [0.25, 0.3) is 0 Å². The Morgan fingerprint density at radius 3 is 2.82 bits per heavy atom. The van der Waals surface area contributed by atoms with Crippen LogP contribution in [0.2, 0.25) is 0 Å². The highest BCUT2D eigenvalue weighted by atomic mass is 35.5. The van der Waals surface area contributed by atoms with Gasteiger partial charge in [-0.1, -0.05) is 12.8 Å². The fraction of sp³-hybridized carbons (Fsp3) is 0.600. The zero-order valence-electron chi connectivity index (χ0n) is 12.8. The Hall–Kier alpha value is -1.56. The summed E-state index contributed by atoms with van der Waals surface area (Å²) in [7, 11) is 0. The largest absolute Gasteiger partial charge is 0.378 e. The molecule has 1 aliphatic carbocycles. The van der Waals surface area contributed by atoms with Gasteiger partial charge < -0.3 is 5.32 Å². The molecular formula is C15H23ClFN5. The monoisotopic (exact) mass is 327 g/mol. The highest BCUT2D eigenvalue weighted by molar-refractivity contribution is 5.85. The Bertz CT molecular complexity index is 589. The number of alkyl halides is 1. The van der Waals surface area contributed by atoms with Crippen molar-refractivity contribution in [3.63, 3.8) is 0 Å².